The number of nitrogens with one attached hydrogen (secondary N) is 1. The van der Waals surface area contributed by atoms with Crippen LogP contribution in [0.15, 0.2) is 12.1 Å². The fourth-order valence-electron chi connectivity index (χ4n) is 1.92. The Bertz CT molecular complexity index is 698. The first-order chi connectivity index (χ1) is 9.88. The number of aryl methyl sites for hydroxylation is 1. The van der Waals surface area contributed by atoms with Crippen molar-refractivity contribution in [2.24, 2.45) is 5.92 Å². The third-order valence-electron chi connectivity index (χ3n) is 3.12. The summed E-state index contributed by atoms with van der Waals surface area (Å²) in [6.45, 7) is 3.80. The van der Waals surface area contributed by atoms with Gasteiger partial charge in [0.25, 0.3) is 5.69 Å². The maximum atomic E-state index is 11.1. The van der Waals surface area contributed by atoms with Crippen molar-refractivity contribution in [2.75, 3.05) is 11.9 Å². The SMILES string of the molecule is Cc1nc2cc(NCCC(C)C(=O)O)c([N+](=O)[O-])cc2s1. The number of carbonyl (C=O) groups is 1. The average Bonchev–Trinajstić information content (AvgIpc) is 2.76. The lowest BCUT2D eigenvalue weighted by atomic mass is 10.1. The second kappa shape index (κ2) is 6.04. The molecule has 0 bridgehead atoms. The largest absolute Gasteiger partial charge is 0.481 e. The molecule has 0 amide bonds. The zero-order valence-corrected chi connectivity index (χ0v) is 12.4. The molecule has 0 saturated heterocycles. The van der Waals surface area contributed by atoms with Gasteiger partial charge < -0.3 is 10.4 Å². The van der Waals surface area contributed by atoms with Crippen molar-refractivity contribution in [3.8, 4) is 0 Å². The lowest BCUT2D eigenvalue weighted by Crippen LogP contribution is -2.14. The number of aromatic nitrogens is 1. The first-order valence-electron chi connectivity index (χ1n) is 6.40. The van der Waals surface area contributed by atoms with E-state index in [1.807, 2.05) is 6.92 Å². The van der Waals surface area contributed by atoms with Gasteiger partial charge in [0.2, 0.25) is 0 Å². The van der Waals surface area contributed by atoms with Crippen molar-refractivity contribution in [3.05, 3.63) is 27.3 Å². The minimum atomic E-state index is -0.878. The highest BCUT2D eigenvalue weighted by molar-refractivity contribution is 7.18. The lowest BCUT2D eigenvalue weighted by Gasteiger charge is -2.09. The lowest BCUT2D eigenvalue weighted by molar-refractivity contribution is -0.383. The van der Waals surface area contributed by atoms with Crippen molar-refractivity contribution in [1.82, 2.24) is 4.98 Å². The molecule has 1 unspecified atom stereocenters. The highest BCUT2D eigenvalue weighted by Gasteiger charge is 2.17. The smallest absolute Gasteiger partial charge is 0.306 e. The Labute approximate surface area is 124 Å². The molecule has 112 valence electrons. The van der Waals surface area contributed by atoms with E-state index in [0.717, 1.165) is 9.71 Å². The number of hydrogen-bond donors (Lipinski definition) is 2. The molecule has 7 nitrogen and oxygen atoms in total. The number of nitrogens with zero attached hydrogens (tertiary/aromatic N) is 2. The van der Waals surface area contributed by atoms with Crippen molar-refractivity contribution >= 4 is 38.9 Å². The molecule has 0 fully saturated rings. The number of hydrogen-bond acceptors (Lipinski definition) is 6. The number of rotatable bonds is 6. The van der Waals surface area contributed by atoms with Gasteiger partial charge in [-0.05, 0) is 19.4 Å². The predicted molar refractivity (Wildman–Crippen MR) is 80.9 cm³/mol. The Morgan fingerprint density at radius 1 is 1.57 bits per heavy atom. The van der Waals surface area contributed by atoms with E-state index in [1.54, 1.807) is 13.0 Å². The molecule has 0 radical (unpaired) electrons. The fraction of sp³-hybridized carbons (Fsp3) is 0.385. The molecule has 1 heterocycles. The zero-order chi connectivity index (χ0) is 15.6. The van der Waals surface area contributed by atoms with Crippen LogP contribution in [0.3, 0.4) is 0 Å². The van der Waals surface area contributed by atoms with Crippen LogP contribution in [0.4, 0.5) is 11.4 Å². The number of benzene rings is 1. The first-order valence-corrected chi connectivity index (χ1v) is 7.22. The van der Waals surface area contributed by atoms with Crippen LogP contribution in [0.25, 0.3) is 10.2 Å². The Kier molecular flexibility index (Phi) is 4.37. The molecule has 0 aliphatic heterocycles. The molecule has 2 aromatic rings. The standard InChI is InChI=1S/C13H15N3O4S/c1-7(13(17)18)3-4-14-9-5-10-12(21-8(2)15-10)6-11(9)16(19)20/h5-7,14H,3-4H2,1-2H3,(H,17,18). The van der Waals surface area contributed by atoms with E-state index in [2.05, 4.69) is 10.3 Å². The fourth-order valence-corrected chi connectivity index (χ4v) is 2.76. The van der Waals surface area contributed by atoms with Crippen LogP contribution >= 0.6 is 11.3 Å². The summed E-state index contributed by atoms with van der Waals surface area (Å²) in [6.07, 6.45) is 0.390. The molecule has 0 saturated carbocycles. The number of aliphatic carboxylic acids is 1. The minimum absolute atomic E-state index is 0.0193. The van der Waals surface area contributed by atoms with Crippen molar-refractivity contribution in [1.29, 1.82) is 0 Å². The van der Waals surface area contributed by atoms with E-state index in [-0.39, 0.29) is 5.69 Å². The minimum Gasteiger partial charge on any atom is -0.481 e. The maximum absolute atomic E-state index is 11.1. The van der Waals surface area contributed by atoms with Gasteiger partial charge in [-0.1, -0.05) is 6.92 Å². The zero-order valence-electron chi connectivity index (χ0n) is 11.6. The normalized spacial score (nSPS) is 12.3. The van der Waals surface area contributed by atoms with Gasteiger partial charge in [-0.3, -0.25) is 14.9 Å². The third-order valence-corrected chi connectivity index (χ3v) is 4.06. The van der Waals surface area contributed by atoms with Crippen LogP contribution in [-0.2, 0) is 4.79 Å². The van der Waals surface area contributed by atoms with Crippen LogP contribution in [0, 0.1) is 23.0 Å². The van der Waals surface area contributed by atoms with Crippen molar-refractivity contribution in [3.63, 3.8) is 0 Å². The molecule has 2 N–H and O–H groups in total. The predicted octanol–water partition coefficient (Wildman–Crippen LogP) is 3.04. The van der Waals surface area contributed by atoms with Gasteiger partial charge in [0.1, 0.15) is 5.69 Å². The summed E-state index contributed by atoms with van der Waals surface area (Å²) in [7, 11) is 0. The summed E-state index contributed by atoms with van der Waals surface area (Å²) >= 11 is 1.40. The molecule has 1 aromatic carbocycles. The number of thiazole rings is 1. The van der Waals surface area contributed by atoms with Crippen LogP contribution in [0.1, 0.15) is 18.4 Å². The number of fused-ring (bicyclic) bond motifs is 1. The van der Waals surface area contributed by atoms with E-state index in [0.29, 0.717) is 24.2 Å². The molecule has 2 rings (SSSR count). The highest BCUT2D eigenvalue weighted by Crippen LogP contribution is 2.32. The summed E-state index contributed by atoms with van der Waals surface area (Å²) in [5, 5.41) is 23.7. The molecule has 1 atom stereocenters. The quantitative estimate of drug-likeness (QED) is 0.627. The molecule has 8 heteroatoms. The molecular formula is C13H15N3O4S. The topological polar surface area (TPSA) is 105 Å². The number of anilines is 1. The molecule has 0 spiro atoms. The summed E-state index contributed by atoms with van der Waals surface area (Å²) in [5.41, 5.74) is 1.06. The summed E-state index contributed by atoms with van der Waals surface area (Å²) in [4.78, 5) is 25.7. The van der Waals surface area contributed by atoms with Crippen LogP contribution in [0.2, 0.25) is 0 Å². The van der Waals surface area contributed by atoms with Gasteiger partial charge in [0, 0.05) is 12.6 Å². The van der Waals surface area contributed by atoms with Crippen molar-refractivity contribution in [2.45, 2.75) is 20.3 Å². The summed E-state index contributed by atoms with van der Waals surface area (Å²) < 4.78 is 0.767. The first kappa shape index (κ1) is 15.2. The maximum Gasteiger partial charge on any atom is 0.306 e. The van der Waals surface area contributed by atoms with Crippen LogP contribution in [0.5, 0.6) is 0 Å². The van der Waals surface area contributed by atoms with Gasteiger partial charge in [0.15, 0.2) is 0 Å². The van der Waals surface area contributed by atoms with E-state index in [1.165, 1.54) is 17.4 Å². The van der Waals surface area contributed by atoms with Gasteiger partial charge in [-0.15, -0.1) is 11.3 Å². The van der Waals surface area contributed by atoms with Gasteiger partial charge >= 0.3 is 5.97 Å². The second-order valence-electron chi connectivity index (χ2n) is 4.78. The van der Waals surface area contributed by atoms with E-state index in [9.17, 15) is 14.9 Å². The Morgan fingerprint density at radius 2 is 2.29 bits per heavy atom. The van der Waals surface area contributed by atoms with Crippen molar-refractivity contribution < 1.29 is 14.8 Å². The molecule has 21 heavy (non-hydrogen) atoms. The molecule has 0 aliphatic carbocycles. The van der Waals surface area contributed by atoms with E-state index in [4.69, 9.17) is 5.11 Å². The molecule has 0 aliphatic rings. The average molecular weight is 309 g/mol. The summed E-state index contributed by atoms with van der Waals surface area (Å²) in [6, 6.07) is 3.14. The van der Waals surface area contributed by atoms with Gasteiger partial charge in [0.05, 0.1) is 26.1 Å². The van der Waals surface area contributed by atoms with E-state index < -0.39 is 16.8 Å². The Balaban J connectivity index is 2.22. The molecular weight excluding hydrogens is 294 g/mol. The Hall–Kier alpha value is -2.22. The van der Waals surface area contributed by atoms with Crippen LogP contribution in [-0.4, -0.2) is 27.5 Å². The Morgan fingerprint density at radius 3 is 2.90 bits per heavy atom. The summed E-state index contributed by atoms with van der Waals surface area (Å²) in [5.74, 6) is -1.38. The van der Waals surface area contributed by atoms with Crippen LogP contribution < -0.4 is 5.32 Å². The number of nitro groups is 1. The number of carboxylic acids is 1. The molecule has 1 aromatic heterocycles. The monoisotopic (exact) mass is 309 g/mol. The third kappa shape index (κ3) is 3.46. The number of carboxylic acid groups (broad SMARTS) is 1. The van der Waals surface area contributed by atoms with Gasteiger partial charge in [-0.25, -0.2) is 4.98 Å². The number of nitro benzene ring substituents is 1. The highest BCUT2D eigenvalue weighted by atomic mass is 32.1. The van der Waals surface area contributed by atoms with E-state index >= 15 is 0 Å². The second-order valence-corrected chi connectivity index (χ2v) is 6.02. The van der Waals surface area contributed by atoms with Gasteiger partial charge in [-0.2, -0.15) is 0 Å².